The lowest BCUT2D eigenvalue weighted by atomic mass is 9.72. The highest BCUT2D eigenvalue weighted by molar-refractivity contribution is 6.04. The molecule has 0 fully saturated rings. The van der Waals surface area contributed by atoms with Gasteiger partial charge in [-0.3, -0.25) is 0 Å². The highest BCUT2D eigenvalue weighted by Gasteiger charge is 2.56. The summed E-state index contributed by atoms with van der Waals surface area (Å²) in [4.78, 5) is 0. The summed E-state index contributed by atoms with van der Waals surface area (Å²) >= 11 is 0. The molecule has 2 N–H and O–H groups in total. The molecule has 56 heavy (non-hydrogen) atoms. The summed E-state index contributed by atoms with van der Waals surface area (Å²) in [5.74, 6) is -0.674. The van der Waals surface area contributed by atoms with Crippen molar-refractivity contribution in [3.8, 4) is 44.5 Å². The van der Waals surface area contributed by atoms with Gasteiger partial charge >= 0.3 is 0 Å². The van der Waals surface area contributed by atoms with Crippen LogP contribution >= 0.6 is 0 Å². The molecule has 0 aromatic heterocycles. The fourth-order valence-electron chi connectivity index (χ4n) is 11.5. The Labute approximate surface area is 324 Å². The second-order valence-electron chi connectivity index (χ2n) is 16.1. The third-order valence-electron chi connectivity index (χ3n) is 13.7. The van der Waals surface area contributed by atoms with Gasteiger partial charge in [0.25, 0.3) is 0 Å². The summed E-state index contributed by atoms with van der Waals surface area (Å²) in [6.07, 6.45) is 0. The second-order valence-corrected chi connectivity index (χ2v) is 16.1. The van der Waals surface area contributed by atoms with Gasteiger partial charge in [-0.05, 0) is 123 Å². The first kappa shape index (κ1) is 30.7. The van der Waals surface area contributed by atoms with E-state index in [9.17, 15) is 10.2 Å². The molecular formula is C54H34O2. The maximum Gasteiger partial charge on any atom is 0.127 e. The molecule has 13 rings (SSSR count). The number of hydrogen-bond donors (Lipinski definition) is 2. The lowest BCUT2D eigenvalue weighted by molar-refractivity contribution is 0.0661. The molecule has 262 valence electrons. The molecule has 2 heteroatoms. The van der Waals surface area contributed by atoms with Crippen molar-refractivity contribution < 1.29 is 10.2 Å². The standard InChI is InChI=1S/C54H34O2/c55-53(51-39-21-7-5-19-37(39)49-33-15-3-1-13-31(33)25-27-41(49)51)45-23-11-9-17-35(45)43-30-48-44(29-47(43)53)36-18-10-12-24-46(36)54(48,56)52-40-22-8-6-20-38(40)50-34-16-4-2-14-32(34)26-28-42(50)52/h1-30,51-52,55-56H. The van der Waals surface area contributed by atoms with Crippen molar-refractivity contribution in [2.24, 2.45) is 0 Å². The Morgan fingerprint density at radius 3 is 1.14 bits per heavy atom. The minimum atomic E-state index is -1.37. The van der Waals surface area contributed by atoms with Crippen LogP contribution in [0.5, 0.6) is 0 Å². The van der Waals surface area contributed by atoms with E-state index in [1.807, 2.05) is 12.1 Å². The Balaban J connectivity index is 1.09. The molecule has 0 spiro atoms. The van der Waals surface area contributed by atoms with Crippen LogP contribution in [0.15, 0.2) is 182 Å². The normalized spacial score (nSPS) is 21.5. The molecule has 0 bridgehead atoms. The maximum atomic E-state index is 13.9. The number of hydrogen-bond acceptors (Lipinski definition) is 2. The molecule has 9 aromatic carbocycles. The number of rotatable bonds is 2. The number of fused-ring (bicyclic) bond motifs is 16. The molecule has 0 amide bonds. The molecule has 4 unspecified atom stereocenters. The third-order valence-corrected chi connectivity index (χ3v) is 13.7. The third kappa shape index (κ3) is 3.56. The molecule has 4 aliphatic rings. The van der Waals surface area contributed by atoms with E-state index >= 15 is 0 Å². The van der Waals surface area contributed by atoms with Gasteiger partial charge in [0.1, 0.15) is 11.2 Å². The van der Waals surface area contributed by atoms with E-state index in [1.54, 1.807) is 0 Å². The van der Waals surface area contributed by atoms with Crippen molar-refractivity contribution in [3.63, 3.8) is 0 Å². The zero-order valence-electron chi connectivity index (χ0n) is 30.4. The van der Waals surface area contributed by atoms with Crippen molar-refractivity contribution in [3.05, 3.63) is 226 Å². The van der Waals surface area contributed by atoms with Gasteiger partial charge in [-0.15, -0.1) is 0 Å². The molecule has 4 atom stereocenters. The molecule has 0 aliphatic heterocycles. The molecule has 0 saturated heterocycles. The van der Waals surface area contributed by atoms with E-state index in [2.05, 4.69) is 170 Å². The summed E-state index contributed by atoms with van der Waals surface area (Å²) in [5, 5.41) is 32.5. The van der Waals surface area contributed by atoms with Crippen molar-refractivity contribution in [2.75, 3.05) is 0 Å². The van der Waals surface area contributed by atoms with Crippen LogP contribution in [-0.4, -0.2) is 10.2 Å². The minimum Gasteiger partial charge on any atom is -0.379 e. The maximum absolute atomic E-state index is 13.9. The van der Waals surface area contributed by atoms with Crippen molar-refractivity contribution >= 4 is 21.5 Å². The molecule has 4 aliphatic carbocycles. The van der Waals surface area contributed by atoms with E-state index in [0.29, 0.717) is 0 Å². The van der Waals surface area contributed by atoms with Gasteiger partial charge in [0.2, 0.25) is 0 Å². The molecule has 2 nitrogen and oxygen atoms in total. The second kappa shape index (κ2) is 10.6. The summed E-state index contributed by atoms with van der Waals surface area (Å²) in [7, 11) is 0. The minimum absolute atomic E-state index is 0.337. The lowest BCUT2D eigenvalue weighted by Crippen LogP contribution is -2.34. The molecule has 9 aromatic rings. The summed E-state index contributed by atoms with van der Waals surface area (Å²) in [5.41, 5.74) is 14.1. The van der Waals surface area contributed by atoms with Crippen LogP contribution in [0.1, 0.15) is 56.3 Å². The monoisotopic (exact) mass is 714 g/mol. The van der Waals surface area contributed by atoms with Crippen LogP contribution in [-0.2, 0) is 11.2 Å². The SMILES string of the molecule is OC1(C2c3ccccc3-c3c2ccc2ccccc32)c2ccccc2-c2cc3c(cc21)-c1ccccc1C3(O)C1c2ccccc2-c2c1ccc1ccccc21. The first-order valence-electron chi connectivity index (χ1n) is 19.6. The van der Waals surface area contributed by atoms with Crippen molar-refractivity contribution in [1.29, 1.82) is 0 Å². The van der Waals surface area contributed by atoms with Gasteiger partial charge in [0.05, 0.1) is 0 Å². The summed E-state index contributed by atoms with van der Waals surface area (Å²) in [6.45, 7) is 0. The largest absolute Gasteiger partial charge is 0.379 e. The number of benzene rings is 9. The zero-order chi connectivity index (χ0) is 36.9. The van der Waals surface area contributed by atoms with Crippen LogP contribution in [0.25, 0.3) is 66.1 Å². The lowest BCUT2D eigenvalue weighted by Gasteiger charge is -2.35. The van der Waals surface area contributed by atoms with E-state index < -0.39 is 11.2 Å². The van der Waals surface area contributed by atoms with E-state index in [4.69, 9.17) is 0 Å². The molecule has 0 heterocycles. The highest BCUT2D eigenvalue weighted by Crippen LogP contribution is 2.66. The predicted molar refractivity (Wildman–Crippen MR) is 226 cm³/mol. The Morgan fingerprint density at radius 2 is 0.679 bits per heavy atom. The van der Waals surface area contributed by atoms with Crippen molar-refractivity contribution in [1.82, 2.24) is 0 Å². The highest BCUT2D eigenvalue weighted by atomic mass is 16.3. The molecule has 0 radical (unpaired) electrons. The summed E-state index contributed by atoms with van der Waals surface area (Å²) in [6, 6.07) is 64.5. The smallest absolute Gasteiger partial charge is 0.127 e. The fraction of sp³-hybridized carbons (Fsp3) is 0.0741. The zero-order valence-corrected chi connectivity index (χ0v) is 30.4. The number of aliphatic hydroxyl groups is 2. The Hall–Kier alpha value is -6.58. The topological polar surface area (TPSA) is 40.5 Å². The van der Waals surface area contributed by atoms with E-state index in [1.165, 1.54) is 43.8 Å². The van der Waals surface area contributed by atoms with Crippen molar-refractivity contribution in [2.45, 2.75) is 23.0 Å². The van der Waals surface area contributed by atoms with Gasteiger partial charge in [0, 0.05) is 11.8 Å². The van der Waals surface area contributed by atoms with Gasteiger partial charge in [-0.1, -0.05) is 170 Å². The predicted octanol–water partition coefficient (Wildman–Crippen LogP) is 12.1. The van der Waals surface area contributed by atoms with E-state index in [-0.39, 0.29) is 11.8 Å². The average Bonchev–Trinajstić information content (AvgIpc) is 3.94. The van der Waals surface area contributed by atoms with Crippen LogP contribution in [0, 0.1) is 0 Å². The Kier molecular flexibility index (Phi) is 5.81. The first-order chi connectivity index (χ1) is 27.6. The average molecular weight is 715 g/mol. The van der Waals surface area contributed by atoms with E-state index in [0.717, 1.165) is 66.8 Å². The molecular weight excluding hydrogens is 681 g/mol. The summed E-state index contributed by atoms with van der Waals surface area (Å²) < 4.78 is 0. The van der Waals surface area contributed by atoms with Crippen LogP contribution in [0.4, 0.5) is 0 Å². The van der Waals surface area contributed by atoms with Gasteiger partial charge in [-0.2, -0.15) is 0 Å². The quantitative estimate of drug-likeness (QED) is 0.187. The fourth-order valence-corrected chi connectivity index (χ4v) is 11.5. The first-order valence-corrected chi connectivity index (χ1v) is 19.6. The van der Waals surface area contributed by atoms with Crippen LogP contribution in [0.3, 0.4) is 0 Å². The van der Waals surface area contributed by atoms with Gasteiger partial charge in [0.15, 0.2) is 0 Å². The van der Waals surface area contributed by atoms with Gasteiger partial charge in [-0.25, -0.2) is 0 Å². The van der Waals surface area contributed by atoms with Gasteiger partial charge < -0.3 is 10.2 Å². The Morgan fingerprint density at radius 1 is 0.304 bits per heavy atom. The Bertz CT molecular complexity index is 2990. The van der Waals surface area contributed by atoms with Crippen LogP contribution in [0.2, 0.25) is 0 Å². The van der Waals surface area contributed by atoms with Crippen LogP contribution < -0.4 is 0 Å². The molecule has 0 saturated carbocycles.